The summed E-state index contributed by atoms with van der Waals surface area (Å²) in [5.41, 5.74) is 3.73. The van der Waals surface area contributed by atoms with Gasteiger partial charge >= 0.3 is 0 Å². The molecule has 0 saturated carbocycles. The molecule has 1 aromatic heterocycles. The van der Waals surface area contributed by atoms with Crippen molar-refractivity contribution in [3.63, 3.8) is 0 Å². The summed E-state index contributed by atoms with van der Waals surface area (Å²) in [5, 5.41) is 12.8. The molecule has 1 saturated heterocycles. The molecule has 2 unspecified atom stereocenters. The van der Waals surface area contributed by atoms with Gasteiger partial charge in [-0.25, -0.2) is 0 Å². The highest BCUT2D eigenvalue weighted by Crippen LogP contribution is 2.44. The number of benzene rings is 2. The molecule has 140 valence electrons. The lowest BCUT2D eigenvalue weighted by Crippen LogP contribution is -2.44. The molecule has 1 fully saturated rings. The predicted octanol–water partition coefficient (Wildman–Crippen LogP) is 3.15. The van der Waals surface area contributed by atoms with Crippen molar-refractivity contribution in [1.29, 1.82) is 0 Å². The molecule has 2 aliphatic heterocycles. The number of carbonyl (C=O) groups is 1. The number of nitro benzene ring substituents is 1. The molecule has 5 rings (SSSR count). The first kappa shape index (κ1) is 16.9. The predicted molar refractivity (Wildman–Crippen MR) is 108 cm³/mol. The van der Waals surface area contributed by atoms with E-state index in [1.165, 1.54) is 11.0 Å². The number of hydrogen-bond acceptors (Lipinski definition) is 4. The van der Waals surface area contributed by atoms with Crippen LogP contribution in [0.5, 0.6) is 0 Å². The normalized spacial score (nSPS) is 21.2. The number of hydrogen-bond donors (Lipinski definition) is 1. The molecule has 1 amide bonds. The standard InChI is InChI=1S/C20H16N4O3S/c1-22-19(25)16-10-14-13-7-2-3-8-15(13)21-17(14)18(23(16)20(22)28)11-5-4-6-12(9-11)24(26)27/h2-9,16,18,21H,10H2,1H3. The molecule has 0 bridgehead atoms. The van der Waals surface area contributed by atoms with Crippen molar-refractivity contribution in [2.45, 2.75) is 18.5 Å². The summed E-state index contributed by atoms with van der Waals surface area (Å²) in [6, 6.07) is 13.7. The van der Waals surface area contributed by atoms with Gasteiger partial charge in [0.15, 0.2) is 5.11 Å². The lowest BCUT2D eigenvalue weighted by Gasteiger charge is -2.37. The van der Waals surface area contributed by atoms with Crippen LogP contribution in [0, 0.1) is 10.1 Å². The molecule has 0 aliphatic carbocycles. The molecule has 0 radical (unpaired) electrons. The van der Waals surface area contributed by atoms with E-state index < -0.39 is 11.0 Å². The van der Waals surface area contributed by atoms with Crippen molar-refractivity contribution in [2.75, 3.05) is 7.05 Å². The van der Waals surface area contributed by atoms with Gasteiger partial charge in [-0.3, -0.25) is 19.8 Å². The second-order valence-electron chi connectivity index (χ2n) is 7.12. The van der Waals surface area contributed by atoms with Crippen LogP contribution in [-0.4, -0.2) is 43.8 Å². The molecular formula is C20H16N4O3S. The number of rotatable bonds is 2. The van der Waals surface area contributed by atoms with Crippen LogP contribution < -0.4 is 0 Å². The summed E-state index contributed by atoms with van der Waals surface area (Å²) < 4.78 is 0. The average Bonchev–Trinajstić information content (AvgIpc) is 3.18. The van der Waals surface area contributed by atoms with Gasteiger partial charge in [0, 0.05) is 42.2 Å². The number of nitro groups is 1. The number of likely N-dealkylation sites (N-methyl/N-ethyl adjacent to an activating group) is 1. The van der Waals surface area contributed by atoms with Crippen LogP contribution in [0.3, 0.4) is 0 Å². The van der Waals surface area contributed by atoms with Gasteiger partial charge in [0.2, 0.25) is 0 Å². The zero-order chi connectivity index (χ0) is 19.6. The molecule has 2 aromatic carbocycles. The van der Waals surface area contributed by atoms with Crippen LogP contribution in [-0.2, 0) is 11.2 Å². The highest BCUT2D eigenvalue weighted by atomic mass is 32.1. The van der Waals surface area contributed by atoms with Crippen LogP contribution >= 0.6 is 12.2 Å². The van der Waals surface area contributed by atoms with E-state index >= 15 is 0 Å². The Bertz CT molecular complexity index is 1170. The number of thiocarbonyl (C=S) groups is 1. The summed E-state index contributed by atoms with van der Waals surface area (Å²) in [4.78, 5) is 30.6. The summed E-state index contributed by atoms with van der Waals surface area (Å²) in [7, 11) is 1.68. The maximum absolute atomic E-state index is 12.8. The molecular weight excluding hydrogens is 376 g/mol. The Morgan fingerprint density at radius 2 is 2.00 bits per heavy atom. The van der Waals surface area contributed by atoms with Crippen molar-refractivity contribution in [3.8, 4) is 0 Å². The minimum absolute atomic E-state index is 0.0158. The quantitative estimate of drug-likeness (QED) is 0.412. The fraction of sp³-hybridized carbons (Fsp3) is 0.200. The number of para-hydroxylation sites is 1. The van der Waals surface area contributed by atoms with Gasteiger partial charge in [-0.05, 0) is 29.4 Å². The van der Waals surface area contributed by atoms with E-state index in [4.69, 9.17) is 12.2 Å². The maximum atomic E-state index is 12.8. The van der Waals surface area contributed by atoms with E-state index in [1.54, 1.807) is 19.2 Å². The third-order valence-electron chi connectivity index (χ3n) is 5.65. The van der Waals surface area contributed by atoms with E-state index in [-0.39, 0.29) is 17.6 Å². The third-order valence-corrected chi connectivity index (χ3v) is 6.14. The number of aromatic amines is 1. The fourth-order valence-electron chi connectivity index (χ4n) is 4.36. The Kier molecular flexibility index (Phi) is 3.54. The minimum Gasteiger partial charge on any atom is -0.356 e. The molecule has 2 aliphatic rings. The number of carbonyl (C=O) groups excluding carboxylic acids is 1. The summed E-state index contributed by atoms with van der Waals surface area (Å²) in [6.45, 7) is 0. The largest absolute Gasteiger partial charge is 0.356 e. The zero-order valence-electron chi connectivity index (χ0n) is 15.0. The summed E-state index contributed by atoms with van der Waals surface area (Å²) >= 11 is 5.57. The molecule has 8 heteroatoms. The summed E-state index contributed by atoms with van der Waals surface area (Å²) in [5.74, 6) is -0.0450. The first-order valence-electron chi connectivity index (χ1n) is 8.91. The van der Waals surface area contributed by atoms with Crippen molar-refractivity contribution in [3.05, 3.63) is 75.5 Å². The van der Waals surface area contributed by atoms with Crippen molar-refractivity contribution in [2.24, 2.45) is 0 Å². The van der Waals surface area contributed by atoms with E-state index in [2.05, 4.69) is 4.98 Å². The molecule has 1 N–H and O–H groups in total. The topological polar surface area (TPSA) is 82.5 Å². The average molecular weight is 392 g/mol. The minimum atomic E-state index is -0.409. The smallest absolute Gasteiger partial charge is 0.269 e. The van der Waals surface area contributed by atoms with Crippen LogP contribution in [0.4, 0.5) is 5.69 Å². The molecule has 3 aromatic rings. The SMILES string of the molecule is CN1C(=O)C2Cc3c([nH]c4ccccc34)C(c3cccc([N+](=O)[O-])c3)N2C1=S. The van der Waals surface area contributed by atoms with E-state index in [0.717, 1.165) is 27.7 Å². The number of amides is 1. The van der Waals surface area contributed by atoms with Gasteiger partial charge in [0.25, 0.3) is 11.6 Å². The monoisotopic (exact) mass is 392 g/mol. The van der Waals surface area contributed by atoms with Crippen LogP contribution in [0.15, 0.2) is 48.5 Å². The lowest BCUT2D eigenvalue weighted by molar-refractivity contribution is -0.384. The number of non-ortho nitro benzene ring substituents is 1. The van der Waals surface area contributed by atoms with Crippen LogP contribution in [0.2, 0.25) is 0 Å². The van der Waals surface area contributed by atoms with Gasteiger partial charge < -0.3 is 9.88 Å². The number of aromatic nitrogens is 1. The number of nitrogens with zero attached hydrogens (tertiary/aromatic N) is 3. The molecule has 28 heavy (non-hydrogen) atoms. The molecule has 7 nitrogen and oxygen atoms in total. The summed E-state index contributed by atoms with van der Waals surface area (Å²) in [6.07, 6.45) is 0.550. The zero-order valence-corrected chi connectivity index (χ0v) is 15.8. The van der Waals surface area contributed by atoms with E-state index in [0.29, 0.717) is 11.5 Å². The lowest BCUT2D eigenvalue weighted by atomic mass is 9.89. The Morgan fingerprint density at radius 1 is 1.21 bits per heavy atom. The van der Waals surface area contributed by atoms with Gasteiger partial charge in [0.05, 0.1) is 11.0 Å². The maximum Gasteiger partial charge on any atom is 0.269 e. The highest BCUT2D eigenvalue weighted by molar-refractivity contribution is 7.80. The highest BCUT2D eigenvalue weighted by Gasteiger charge is 2.49. The first-order valence-corrected chi connectivity index (χ1v) is 9.32. The van der Waals surface area contributed by atoms with Gasteiger partial charge in [-0.1, -0.05) is 30.3 Å². The van der Waals surface area contributed by atoms with Gasteiger partial charge in [0.1, 0.15) is 6.04 Å². The Balaban J connectivity index is 1.77. The Labute approximate surface area is 165 Å². The second-order valence-corrected chi connectivity index (χ2v) is 7.49. The van der Waals surface area contributed by atoms with Gasteiger partial charge in [-0.2, -0.15) is 0 Å². The Hall–Kier alpha value is -3.26. The Morgan fingerprint density at radius 3 is 2.79 bits per heavy atom. The van der Waals surface area contributed by atoms with Crippen molar-refractivity contribution in [1.82, 2.24) is 14.8 Å². The van der Waals surface area contributed by atoms with Crippen LogP contribution in [0.25, 0.3) is 10.9 Å². The van der Waals surface area contributed by atoms with Gasteiger partial charge in [-0.15, -0.1) is 0 Å². The molecule has 0 spiro atoms. The second kappa shape index (κ2) is 5.87. The van der Waals surface area contributed by atoms with Crippen molar-refractivity contribution < 1.29 is 9.72 Å². The van der Waals surface area contributed by atoms with E-state index in [1.807, 2.05) is 35.2 Å². The first-order chi connectivity index (χ1) is 13.5. The van der Waals surface area contributed by atoms with Crippen LogP contribution in [0.1, 0.15) is 22.9 Å². The number of fused-ring (bicyclic) bond motifs is 4. The fourth-order valence-corrected chi connectivity index (χ4v) is 4.68. The third kappa shape index (κ3) is 2.21. The molecule has 2 atom stereocenters. The number of H-pyrrole nitrogens is 1. The van der Waals surface area contributed by atoms with Crippen molar-refractivity contribution >= 4 is 39.8 Å². The number of nitrogens with one attached hydrogen (secondary N) is 1. The molecule has 3 heterocycles. The van der Waals surface area contributed by atoms with E-state index in [9.17, 15) is 14.9 Å².